The Labute approximate surface area is 211 Å². The molecule has 1 aromatic carbocycles. The monoisotopic (exact) mass is 534 g/mol. The van der Waals surface area contributed by atoms with Gasteiger partial charge in [-0.25, -0.2) is 0 Å². The fourth-order valence-electron chi connectivity index (χ4n) is 5.96. The number of halogens is 6. The molecule has 1 aromatic rings. The minimum atomic E-state index is -4.98. The van der Waals surface area contributed by atoms with Crippen LogP contribution in [0.3, 0.4) is 0 Å². The van der Waals surface area contributed by atoms with Gasteiger partial charge in [-0.15, -0.1) is 0 Å². The van der Waals surface area contributed by atoms with Crippen molar-refractivity contribution in [3.63, 3.8) is 0 Å². The highest BCUT2D eigenvalue weighted by molar-refractivity contribution is 5.84. The van der Waals surface area contributed by atoms with E-state index in [1.807, 2.05) is 0 Å². The first-order chi connectivity index (χ1) is 17.1. The highest BCUT2D eigenvalue weighted by atomic mass is 19.4. The number of carbonyl (C=O) groups is 1. The fraction of sp³-hybridized carbons (Fsp3) is 0.654. The van der Waals surface area contributed by atoms with Crippen LogP contribution in [0.1, 0.15) is 56.2 Å². The van der Waals surface area contributed by atoms with Gasteiger partial charge in [0.2, 0.25) is 5.91 Å². The van der Waals surface area contributed by atoms with Crippen LogP contribution in [0.2, 0.25) is 0 Å². The van der Waals surface area contributed by atoms with Crippen LogP contribution < -0.4 is 10.6 Å². The van der Waals surface area contributed by atoms with Crippen molar-refractivity contribution in [2.75, 3.05) is 13.2 Å². The second kappa shape index (κ2) is 9.89. The van der Waals surface area contributed by atoms with Gasteiger partial charge in [-0.05, 0) is 63.3 Å². The maximum Gasteiger partial charge on any atom is 0.416 e. The highest BCUT2D eigenvalue weighted by Crippen LogP contribution is 2.47. The smallest absolute Gasteiger partial charge is 0.389 e. The van der Waals surface area contributed by atoms with Crippen molar-refractivity contribution in [2.24, 2.45) is 17.3 Å². The van der Waals surface area contributed by atoms with Gasteiger partial charge < -0.3 is 20.5 Å². The molecule has 1 saturated carbocycles. The van der Waals surface area contributed by atoms with E-state index < -0.39 is 46.9 Å². The van der Waals surface area contributed by atoms with E-state index in [2.05, 4.69) is 22.8 Å². The third-order valence-electron chi connectivity index (χ3n) is 8.08. The standard InChI is InChI=1S/C26H32F6N2O3/c1-23(2,36)24(7-6-20(11-24)34-21-16-4-3-5-17(21)14-37-13-16)22(35)33-12-15-8-18(25(27,28)29)10-19(9-15)26(30,31)32/h3-4,8-10,16-17,20-21,34,36H,5-7,11-14H2,1-2H3,(H,33,35)/t16?,17?,20-,21?,24-/m1/s1. The number of carbonyl (C=O) groups excluding carboxylic acids is 1. The Hall–Kier alpha value is -2.11. The summed E-state index contributed by atoms with van der Waals surface area (Å²) in [5, 5.41) is 17.2. The number of alkyl halides is 6. The summed E-state index contributed by atoms with van der Waals surface area (Å²) in [6, 6.07) is 1.35. The topological polar surface area (TPSA) is 70.6 Å². The molecule has 3 N–H and O–H groups in total. The molecule has 3 unspecified atom stereocenters. The molecular formula is C26H32F6N2O3. The highest BCUT2D eigenvalue weighted by Gasteiger charge is 2.55. The Balaban J connectivity index is 1.50. The van der Waals surface area contributed by atoms with E-state index in [1.54, 1.807) is 0 Å². The van der Waals surface area contributed by atoms with Crippen molar-refractivity contribution in [3.8, 4) is 0 Å². The average Bonchev–Trinajstić information content (AvgIpc) is 3.21. The van der Waals surface area contributed by atoms with Gasteiger partial charge in [-0.2, -0.15) is 26.3 Å². The van der Waals surface area contributed by atoms with Crippen molar-refractivity contribution in [3.05, 3.63) is 47.0 Å². The summed E-state index contributed by atoms with van der Waals surface area (Å²) in [4.78, 5) is 13.4. The molecule has 4 rings (SSSR count). The van der Waals surface area contributed by atoms with Gasteiger partial charge in [-0.3, -0.25) is 4.79 Å². The Kier molecular flexibility index (Phi) is 7.46. The summed E-state index contributed by atoms with van der Waals surface area (Å²) in [6.45, 7) is 3.72. The summed E-state index contributed by atoms with van der Waals surface area (Å²) < 4.78 is 84.9. The number of rotatable bonds is 6. The average molecular weight is 535 g/mol. The van der Waals surface area contributed by atoms with Crippen LogP contribution in [0.5, 0.6) is 0 Å². The van der Waals surface area contributed by atoms with Crippen molar-refractivity contribution >= 4 is 5.91 Å². The molecule has 11 heteroatoms. The normalized spacial score (nSPS) is 30.4. The number of amides is 1. The molecular weight excluding hydrogens is 502 g/mol. The molecule has 206 valence electrons. The van der Waals surface area contributed by atoms with Gasteiger partial charge in [0.25, 0.3) is 0 Å². The lowest BCUT2D eigenvalue weighted by molar-refractivity contribution is -0.146. The van der Waals surface area contributed by atoms with Crippen LogP contribution >= 0.6 is 0 Å². The molecule has 1 heterocycles. The van der Waals surface area contributed by atoms with E-state index in [1.165, 1.54) is 13.8 Å². The van der Waals surface area contributed by atoms with Crippen molar-refractivity contribution in [2.45, 2.75) is 76.1 Å². The number of fused-ring (bicyclic) bond motifs is 2. The Morgan fingerprint density at radius 2 is 1.73 bits per heavy atom. The molecule has 1 aliphatic heterocycles. The van der Waals surface area contributed by atoms with Crippen LogP contribution in [0, 0.1) is 17.3 Å². The van der Waals surface area contributed by atoms with E-state index in [4.69, 9.17) is 4.74 Å². The second-order valence-electron chi connectivity index (χ2n) is 11.0. The zero-order chi connectivity index (χ0) is 27.2. The maximum atomic E-state index is 13.4. The number of allylic oxidation sites excluding steroid dienone is 1. The number of hydrogen-bond acceptors (Lipinski definition) is 4. The fourth-order valence-corrected chi connectivity index (χ4v) is 5.96. The molecule has 2 aliphatic carbocycles. The number of ether oxygens (including phenoxy) is 1. The van der Waals surface area contributed by atoms with Gasteiger partial charge in [-0.1, -0.05) is 12.2 Å². The van der Waals surface area contributed by atoms with Gasteiger partial charge in [0, 0.05) is 30.5 Å². The lowest BCUT2D eigenvalue weighted by Gasteiger charge is -2.42. The minimum absolute atomic E-state index is 0.0533. The van der Waals surface area contributed by atoms with E-state index in [-0.39, 0.29) is 29.6 Å². The molecule has 2 fully saturated rings. The first-order valence-corrected chi connectivity index (χ1v) is 12.4. The van der Waals surface area contributed by atoms with Crippen molar-refractivity contribution < 1.29 is 41.0 Å². The first kappa shape index (κ1) is 27.9. The summed E-state index contributed by atoms with van der Waals surface area (Å²) >= 11 is 0. The van der Waals surface area contributed by atoms with E-state index >= 15 is 0 Å². The third-order valence-corrected chi connectivity index (χ3v) is 8.08. The van der Waals surface area contributed by atoms with Gasteiger partial charge in [0.1, 0.15) is 0 Å². The zero-order valence-corrected chi connectivity index (χ0v) is 20.7. The summed E-state index contributed by atoms with van der Waals surface area (Å²) in [5.41, 5.74) is -5.93. The number of hydrogen-bond donors (Lipinski definition) is 3. The van der Waals surface area contributed by atoms with Gasteiger partial charge in [0.05, 0.1) is 35.4 Å². The Bertz CT molecular complexity index is 1000. The summed E-state index contributed by atoms with van der Waals surface area (Å²) in [7, 11) is 0. The maximum absolute atomic E-state index is 13.4. The molecule has 0 spiro atoms. The number of benzene rings is 1. The summed E-state index contributed by atoms with van der Waals surface area (Å²) in [6.07, 6.45) is -3.58. The largest absolute Gasteiger partial charge is 0.416 e. The molecule has 1 saturated heterocycles. The van der Waals surface area contributed by atoms with Crippen molar-refractivity contribution in [1.29, 1.82) is 0 Å². The van der Waals surface area contributed by atoms with Crippen LogP contribution in [0.25, 0.3) is 0 Å². The van der Waals surface area contributed by atoms with Gasteiger partial charge >= 0.3 is 12.4 Å². The van der Waals surface area contributed by atoms with Gasteiger partial charge in [0.15, 0.2) is 0 Å². The summed E-state index contributed by atoms with van der Waals surface area (Å²) in [5.74, 6) is -0.0806. The van der Waals surface area contributed by atoms with Crippen LogP contribution in [-0.4, -0.2) is 41.9 Å². The van der Waals surface area contributed by atoms with E-state index in [0.29, 0.717) is 50.5 Å². The number of nitrogens with one attached hydrogen (secondary N) is 2. The molecule has 1 amide bonds. The second-order valence-corrected chi connectivity index (χ2v) is 11.0. The molecule has 0 aromatic heterocycles. The third kappa shape index (κ3) is 5.83. The molecule has 0 radical (unpaired) electrons. The van der Waals surface area contributed by atoms with E-state index in [0.717, 1.165) is 6.42 Å². The molecule has 2 bridgehead atoms. The SMILES string of the molecule is CC(C)(O)[C@]1(C(=O)NCc2cc(C(F)(F)F)cc(C(F)(F)F)c2)CC[C@@H](NC2C3C=CCC2COC3)C1. The molecule has 5 nitrogen and oxygen atoms in total. The zero-order valence-electron chi connectivity index (χ0n) is 20.7. The minimum Gasteiger partial charge on any atom is -0.389 e. The molecule has 37 heavy (non-hydrogen) atoms. The predicted molar refractivity (Wildman–Crippen MR) is 123 cm³/mol. The molecule has 5 atom stereocenters. The quantitative estimate of drug-likeness (QED) is 0.361. The Morgan fingerprint density at radius 3 is 2.30 bits per heavy atom. The van der Waals surface area contributed by atoms with Crippen LogP contribution in [0.15, 0.2) is 30.4 Å². The van der Waals surface area contributed by atoms with Crippen LogP contribution in [-0.2, 0) is 28.4 Å². The lowest BCUT2D eigenvalue weighted by Crippen LogP contribution is -2.55. The van der Waals surface area contributed by atoms with Crippen molar-refractivity contribution in [1.82, 2.24) is 10.6 Å². The number of aliphatic hydroxyl groups is 1. The predicted octanol–water partition coefficient (Wildman–Crippen LogP) is 4.83. The molecule has 3 aliphatic rings. The first-order valence-electron chi connectivity index (χ1n) is 12.4. The van der Waals surface area contributed by atoms with Crippen LogP contribution in [0.4, 0.5) is 26.3 Å². The Morgan fingerprint density at radius 1 is 1.08 bits per heavy atom. The lowest BCUT2D eigenvalue weighted by atomic mass is 9.71. The van der Waals surface area contributed by atoms with E-state index in [9.17, 15) is 36.2 Å².